The van der Waals surface area contributed by atoms with Gasteiger partial charge in [0.05, 0.1) is 18.3 Å². The van der Waals surface area contributed by atoms with Crippen molar-refractivity contribution in [1.82, 2.24) is 19.4 Å². The largest absolute Gasteiger partial charge is 0.381 e. The van der Waals surface area contributed by atoms with Crippen molar-refractivity contribution in [2.45, 2.75) is 52.2 Å². The van der Waals surface area contributed by atoms with Crippen LogP contribution < -0.4 is 0 Å². The fraction of sp³-hybridized carbons (Fsp3) is 0.600. The molecule has 3 heterocycles. The SMILES string of the molecule is Cc1cccnc1CN1CCn2c(CCOCC3CC3)cnc2C1C. The number of aromatic nitrogens is 3. The zero-order valence-electron chi connectivity index (χ0n) is 15.3. The number of nitrogens with zero attached hydrogens (tertiary/aromatic N) is 4. The predicted octanol–water partition coefficient (Wildman–Crippen LogP) is 3.13. The van der Waals surface area contributed by atoms with Gasteiger partial charge >= 0.3 is 0 Å². The third kappa shape index (κ3) is 3.77. The molecule has 0 N–H and O–H groups in total. The van der Waals surface area contributed by atoms with Gasteiger partial charge in [0, 0.05) is 50.7 Å². The van der Waals surface area contributed by atoms with Crippen LogP contribution in [0.2, 0.25) is 0 Å². The van der Waals surface area contributed by atoms with E-state index in [0.29, 0.717) is 6.04 Å². The van der Waals surface area contributed by atoms with Crippen molar-refractivity contribution in [1.29, 1.82) is 0 Å². The zero-order chi connectivity index (χ0) is 17.2. The first-order valence-electron chi connectivity index (χ1n) is 9.49. The first kappa shape index (κ1) is 16.7. The Morgan fingerprint density at radius 1 is 1.24 bits per heavy atom. The standard InChI is InChI=1S/C20H28N4O/c1-15-4-3-8-21-19(15)13-23-9-10-24-18(12-22-20(24)16(23)2)7-11-25-14-17-5-6-17/h3-4,8,12,16-17H,5-7,9-11,13-14H2,1-2H3. The fourth-order valence-corrected chi connectivity index (χ4v) is 3.61. The lowest BCUT2D eigenvalue weighted by Crippen LogP contribution is -2.37. The van der Waals surface area contributed by atoms with Gasteiger partial charge in [0.25, 0.3) is 0 Å². The van der Waals surface area contributed by atoms with Crippen molar-refractivity contribution in [3.05, 3.63) is 47.3 Å². The van der Waals surface area contributed by atoms with Crippen LogP contribution in [0.1, 0.15) is 48.6 Å². The van der Waals surface area contributed by atoms with Crippen LogP contribution in [0.25, 0.3) is 0 Å². The number of hydrogen-bond acceptors (Lipinski definition) is 4. The van der Waals surface area contributed by atoms with Crippen molar-refractivity contribution in [3.8, 4) is 0 Å². The lowest BCUT2D eigenvalue weighted by atomic mass is 10.1. The van der Waals surface area contributed by atoms with E-state index in [1.54, 1.807) is 0 Å². The molecule has 5 heteroatoms. The van der Waals surface area contributed by atoms with E-state index >= 15 is 0 Å². The second-order valence-electron chi connectivity index (χ2n) is 7.44. The van der Waals surface area contributed by atoms with Crippen LogP contribution in [-0.2, 0) is 24.2 Å². The van der Waals surface area contributed by atoms with Gasteiger partial charge in [-0.15, -0.1) is 0 Å². The second kappa shape index (κ2) is 7.26. The number of fused-ring (bicyclic) bond motifs is 1. The third-order valence-electron chi connectivity index (χ3n) is 5.53. The highest BCUT2D eigenvalue weighted by Crippen LogP contribution is 2.29. The Kier molecular flexibility index (Phi) is 4.86. The quantitative estimate of drug-likeness (QED) is 0.726. The summed E-state index contributed by atoms with van der Waals surface area (Å²) in [5.41, 5.74) is 3.74. The average molecular weight is 340 g/mol. The first-order valence-corrected chi connectivity index (χ1v) is 9.49. The van der Waals surface area contributed by atoms with E-state index < -0.39 is 0 Å². The third-order valence-corrected chi connectivity index (χ3v) is 5.53. The number of ether oxygens (including phenoxy) is 1. The highest BCUT2D eigenvalue weighted by atomic mass is 16.5. The average Bonchev–Trinajstić information content (AvgIpc) is 3.35. The molecule has 1 aliphatic heterocycles. The maximum Gasteiger partial charge on any atom is 0.126 e. The molecule has 1 fully saturated rings. The summed E-state index contributed by atoms with van der Waals surface area (Å²) < 4.78 is 8.20. The van der Waals surface area contributed by atoms with Gasteiger partial charge in [0.2, 0.25) is 0 Å². The molecule has 134 valence electrons. The van der Waals surface area contributed by atoms with Gasteiger partial charge in [0.1, 0.15) is 5.82 Å². The maximum absolute atomic E-state index is 5.80. The minimum absolute atomic E-state index is 0.316. The highest BCUT2D eigenvalue weighted by molar-refractivity contribution is 5.18. The first-order chi connectivity index (χ1) is 12.2. The maximum atomic E-state index is 5.80. The number of hydrogen-bond donors (Lipinski definition) is 0. The predicted molar refractivity (Wildman–Crippen MR) is 97.3 cm³/mol. The Hall–Kier alpha value is -1.72. The van der Waals surface area contributed by atoms with Crippen LogP contribution in [-0.4, -0.2) is 39.2 Å². The summed E-state index contributed by atoms with van der Waals surface area (Å²) in [5.74, 6) is 2.01. The summed E-state index contributed by atoms with van der Waals surface area (Å²) in [6, 6.07) is 4.46. The van der Waals surface area contributed by atoms with Gasteiger partial charge in [-0.25, -0.2) is 4.98 Å². The Bertz CT molecular complexity index is 722. The lowest BCUT2D eigenvalue weighted by molar-refractivity contribution is 0.124. The topological polar surface area (TPSA) is 43.2 Å². The summed E-state index contributed by atoms with van der Waals surface area (Å²) in [6.45, 7) is 9.07. The molecule has 0 bridgehead atoms. The van der Waals surface area contributed by atoms with Gasteiger partial charge in [-0.2, -0.15) is 0 Å². The van der Waals surface area contributed by atoms with Gasteiger partial charge in [0.15, 0.2) is 0 Å². The second-order valence-corrected chi connectivity index (χ2v) is 7.44. The number of imidazole rings is 1. The molecule has 4 rings (SSSR count). The molecule has 2 aliphatic rings. The molecular weight excluding hydrogens is 312 g/mol. The van der Waals surface area contributed by atoms with E-state index in [9.17, 15) is 0 Å². The minimum atomic E-state index is 0.316. The fourth-order valence-electron chi connectivity index (χ4n) is 3.61. The van der Waals surface area contributed by atoms with E-state index in [-0.39, 0.29) is 0 Å². The van der Waals surface area contributed by atoms with Crippen LogP contribution in [0.15, 0.2) is 24.5 Å². The van der Waals surface area contributed by atoms with Crippen molar-refractivity contribution in [2.75, 3.05) is 19.8 Å². The van der Waals surface area contributed by atoms with Crippen molar-refractivity contribution in [2.24, 2.45) is 5.92 Å². The molecule has 1 saturated carbocycles. The van der Waals surface area contributed by atoms with Crippen LogP contribution in [0.5, 0.6) is 0 Å². The summed E-state index contributed by atoms with van der Waals surface area (Å²) in [4.78, 5) is 11.8. The van der Waals surface area contributed by atoms with Gasteiger partial charge in [-0.1, -0.05) is 6.07 Å². The molecule has 1 aliphatic carbocycles. The monoisotopic (exact) mass is 340 g/mol. The van der Waals surface area contributed by atoms with Crippen molar-refractivity contribution in [3.63, 3.8) is 0 Å². The molecule has 0 amide bonds. The smallest absolute Gasteiger partial charge is 0.126 e. The van der Waals surface area contributed by atoms with Crippen molar-refractivity contribution >= 4 is 0 Å². The van der Waals surface area contributed by atoms with Crippen molar-refractivity contribution < 1.29 is 4.74 Å². The number of rotatable bonds is 7. The highest BCUT2D eigenvalue weighted by Gasteiger charge is 2.27. The van der Waals surface area contributed by atoms with Gasteiger partial charge in [-0.3, -0.25) is 9.88 Å². The molecular formula is C20H28N4O. The van der Waals surface area contributed by atoms with Crippen LogP contribution >= 0.6 is 0 Å². The van der Waals surface area contributed by atoms with Crippen LogP contribution in [0.4, 0.5) is 0 Å². The molecule has 0 saturated heterocycles. The Balaban J connectivity index is 1.38. The normalized spacial score (nSPS) is 20.6. The van der Waals surface area contributed by atoms with Gasteiger partial charge in [-0.05, 0) is 44.2 Å². The Labute approximate surface area is 150 Å². The molecule has 5 nitrogen and oxygen atoms in total. The van der Waals surface area contributed by atoms with Crippen LogP contribution in [0.3, 0.4) is 0 Å². The molecule has 0 radical (unpaired) electrons. The molecule has 0 aromatic carbocycles. The van der Waals surface area contributed by atoms with E-state index in [1.165, 1.54) is 35.6 Å². The number of pyridine rings is 1. The Morgan fingerprint density at radius 3 is 2.92 bits per heavy atom. The minimum Gasteiger partial charge on any atom is -0.381 e. The summed E-state index contributed by atoms with van der Waals surface area (Å²) >= 11 is 0. The van der Waals surface area contributed by atoms with Gasteiger partial charge < -0.3 is 9.30 Å². The molecule has 25 heavy (non-hydrogen) atoms. The molecule has 2 aromatic rings. The van der Waals surface area contributed by atoms with Crippen LogP contribution in [0, 0.1) is 12.8 Å². The molecule has 1 atom stereocenters. The summed E-state index contributed by atoms with van der Waals surface area (Å²) in [5, 5.41) is 0. The van der Waals surface area contributed by atoms with E-state index in [4.69, 9.17) is 9.72 Å². The number of aryl methyl sites for hydroxylation is 1. The molecule has 0 spiro atoms. The summed E-state index contributed by atoms with van der Waals surface area (Å²) in [7, 11) is 0. The Morgan fingerprint density at radius 2 is 2.12 bits per heavy atom. The van der Waals surface area contributed by atoms with E-state index in [0.717, 1.165) is 45.2 Å². The van der Waals surface area contributed by atoms with E-state index in [1.807, 2.05) is 18.5 Å². The zero-order valence-corrected chi connectivity index (χ0v) is 15.3. The molecule has 1 unspecified atom stereocenters. The summed E-state index contributed by atoms with van der Waals surface area (Å²) in [6.07, 6.45) is 7.60. The molecule has 2 aromatic heterocycles. The lowest BCUT2D eigenvalue weighted by Gasteiger charge is -2.34. The van der Waals surface area contributed by atoms with E-state index in [2.05, 4.69) is 34.4 Å².